The molecule has 2 amide bonds. The summed E-state index contributed by atoms with van der Waals surface area (Å²) in [6, 6.07) is 6.26. The number of carbonyl (C=O) groups excluding carboxylic acids is 2. The van der Waals surface area contributed by atoms with Gasteiger partial charge in [-0.05, 0) is 31.0 Å². The summed E-state index contributed by atoms with van der Waals surface area (Å²) in [7, 11) is 0. The molecule has 0 fully saturated rings. The lowest BCUT2D eigenvalue weighted by Crippen LogP contribution is -2.47. The van der Waals surface area contributed by atoms with Crippen molar-refractivity contribution in [1.82, 2.24) is 10.9 Å². The molecule has 0 radical (unpaired) electrons. The SMILES string of the molecule is O=C(NNC(=O)[C@@H]1CC=CC[C@@H]1C(=O)O)c1cccc(Cl)c1. The summed E-state index contributed by atoms with van der Waals surface area (Å²) in [6.07, 6.45) is 4.14. The number of benzene rings is 1. The zero-order valence-corrected chi connectivity index (χ0v) is 12.3. The first kappa shape index (κ1) is 16.0. The molecule has 116 valence electrons. The molecule has 0 unspecified atom stereocenters. The molecule has 0 saturated carbocycles. The van der Waals surface area contributed by atoms with E-state index in [1.54, 1.807) is 30.4 Å². The second-order valence-electron chi connectivity index (χ2n) is 4.95. The Morgan fingerprint density at radius 3 is 2.41 bits per heavy atom. The van der Waals surface area contributed by atoms with Gasteiger partial charge in [-0.15, -0.1) is 0 Å². The van der Waals surface area contributed by atoms with Crippen molar-refractivity contribution in [3.8, 4) is 0 Å². The number of carboxylic acid groups (broad SMARTS) is 1. The Bertz CT molecular complexity index is 630. The van der Waals surface area contributed by atoms with Gasteiger partial charge in [-0.25, -0.2) is 0 Å². The molecule has 7 heteroatoms. The first-order valence-corrected chi connectivity index (χ1v) is 7.10. The molecule has 0 heterocycles. The lowest BCUT2D eigenvalue weighted by atomic mass is 9.82. The van der Waals surface area contributed by atoms with Gasteiger partial charge in [0.15, 0.2) is 0 Å². The Hall–Kier alpha value is -2.34. The second kappa shape index (κ2) is 7.09. The molecule has 0 saturated heterocycles. The maximum atomic E-state index is 12.1. The van der Waals surface area contributed by atoms with Crippen molar-refractivity contribution in [1.29, 1.82) is 0 Å². The summed E-state index contributed by atoms with van der Waals surface area (Å²) in [6.45, 7) is 0. The van der Waals surface area contributed by atoms with Crippen molar-refractivity contribution in [2.75, 3.05) is 0 Å². The normalized spacial score (nSPS) is 20.2. The highest BCUT2D eigenvalue weighted by Gasteiger charge is 2.34. The predicted octanol–water partition coefficient (Wildman–Crippen LogP) is 1.77. The number of aliphatic carboxylic acids is 1. The molecule has 2 atom stereocenters. The van der Waals surface area contributed by atoms with Crippen molar-refractivity contribution in [3.63, 3.8) is 0 Å². The fourth-order valence-electron chi connectivity index (χ4n) is 2.29. The number of hydrazine groups is 1. The predicted molar refractivity (Wildman–Crippen MR) is 80.1 cm³/mol. The van der Waals surface area contributed by atoms with Crippen LogP contribution in [0.2, 0.25) is 5.02 Å². The number of hydrogen-bond acceptors (Lipinski definition) is 3. The van der Waals surface area contributed by atoms with Crippen molar-refractivity contribution in [2.45, 2.75) is 12.8 Å². The van der Waals surface area contributed by atoms with Crippen LogP contribution in [0, 0.1) is 11.8 Å². The molecule has 2 rings (SSSR count). The lowest BCUT2D eigenvalue weighted by molar-refractivity contribution is -0.147. The standard InChI is InChI=1S/C15H15ClN2O4/c16-10-5-3-4-9(8-10)13(19)17-18-14(20)11-6-1-2-7-12(11)15(21)22/h1-5,8,11-12H,6-7H2,(H,17,19)(H,18,20)(H,21,22)/t11-,12+/m1/s1. The molecule has 1 aromatic carbocycles. The number of hydrogen-bond donors (Lipinski definition) is 3. The van der Waals surface area contributed by atoms with Gasteiger partial charge in [-0.1, -0.05) is 29.8 Å². The molecule has 0 aliphatic heterocycles. The van der Waals surface area contributed by atoms with E-state index in [9.17, 15) is 14.4 Å². The number of rotatable bonds is 3. The average molecular weight is 323 g/mol. The number of halogens is 1. The topological polar surface area (TPSA) is 95.5 Å². The zero-order valence-electron chi connectivity index (χ0n) is 11.6. The summed E-state index contributed by atoms with van der Waals surface area (Å²) in [5.74, 6) is -3.55. The minimum atomic E-state index is -1.02. The minimum Gasteiger partial charge on any atom is -0.481 e. The third kappa shape index (κ3) is 3.85. The van der Waals surface area contributed by atoms with Crippen molar-refractivity contribution < 1.29 is 19.5 Å². The van der Waals surface area contributed by atoms with Crippen molar-refractivity contribution in [2.24, 2.45) is 11.8 Å². The van der Waals surface area contributed by atoms with Gasteiger partial charge in [0, 0.05) is 10.6 Å². The monoisotopic (exact) mass is 322 g/mol. The van der Waals surface area contributed by atoms with E-state index in [2.05, 4.69) is 10.9 Å². The molecule has 22 heavy (non-hydrogen) atoms. The van der Waals surface area contributed by atoms with Gasteiger partial charge in [-0.3, -0.25) is 25.2 Å². The summed E-state index contributed by atoms with van der Waals surface area (Å²) in [5, 5.41) is 9.53. The van der Waals surface area contributed by atoms with Crippen LogP contribution in [-0.4, -0.2) is 22.9 Å². The quantitative estimate of drug-likeness (QED) is 0.584. The molecule has 0 spiro atoms. The number of carbonyl (C=O) groups is 3. The number of amides is 2. The van der Waals surface area contributed by atoms with E-state index in [0.717, 1.165) is 0 Å². The van der Waals surface area contributed by atoms with E-state index in [-0.39, 0.29) is 0 Å². The van der Waals surface area contributed by atoms with Crippen LogP contribution in [-0.2, 0) is 9.59 Å². The van der Waals surface area contributed by atoms with Gasteiger partial charge < -0.3 is 5.11 Å². The summed E-state index contributed by atoms with van der Waals surface area (Å²) < 4.78 is 0. The van der Waals surface area contributed by atoms with Crippen LogP contribution < -0.4 is 10.9 Å². The minimum absolute atomic E-state index is 0.297. The highest BCUT2D eigenvalue weighted by molar-refractivity contribution is 6.30. The Balaban J connectivity index is 1.96. The van der Waals surface area contributed by atoms with Crippen LogP contribution in [0.25, 0.3) is 0 Å². The first-order valence-electron chi connectivity index (χ1n) is 6.72. The maximum absolute atomic E-state index is 12.1. The molecule has 1 aliphatic rings. The molecule has 3 N–H and O–H groups in total. The van der Waals surface area contributed by atoms with Crippen LogP contribution in [0.4, 0.5) is 0 Å². The Morgan fingerprint density at radius 1 is 1.09 bits per heavy atom. The lowest BCUT2D eigenvalue weighted by Gasteiger charge is -2.24. The molecular weight excluding hydrogens is 308 g/mol. The number of nitrogens with one attached hydrogen (secondary N) is 2. The van der Waals surface area contributed by atoms with Gasteiger partial charge in [-0.2, -0.15) is 0 Å². The zero-order chi connectivity index (χ0) is 16.1. The van der Waals surface area contributed by atoms with Gasteiger partial charge in [0.1, 0.15) is 0 Å². The van der Waals surface area contributed by atoms with Crippen molar-refractivity contribution in [3.05, 3.63) is 47.0 Å². The average Bonchev–Trinajstić information content (AvgIpc) is 2.52. The molecule has 0 bridgehead atoms. The van der Waals surface area contributed by atoms with E-state index in [1.807, 2.05) is 0 Å². The molecule has 1 aromatic rings. The number of carboxylic acids is 1. The van der Waals surface area contributed by atoms with E-state index < -0.39 is 29.6 Å². The fraction of sp³-hybridized carbons (Fsp3) is 0.267. The smallest absolute Gasteiger partial charge is 0.307 e. The summed E-state index contributed by atoms with van der Waals surface area (Å²) in [4.78, 5) is 35.1. The Morgan fingerprint density at radius 2 is 1.77 bits per heavy atom. The highest BCUT2D eigenvalue weighted by atomic mass is 35.5. The molecular formula is C15H15ClN2O4. The summed E-state index contributed by atoms with van der Waals surface area (Å²) in [5.41, 5.74) is 4.84. The van der Waals surface area contributed by atoms with Crippen LogP contribution >= 0.6 is 11.6 Å². The third-order valence-electron chi connectivity index (χ3n) is 3.47. The fourth-order valence-corrected chi connectivity index (χ4v) is 2.48. The van der Waals surface area contributed by atoms with Crippen molar-refractivity contribution >= 4 is 29.4 Å². The van der Waals surface area contributed by atoms with Gasteiger partial charge in [0.25, 0.3) is 5.91 Å². The van der Waals surface area contributed by atoms with E-state index >= 15 is 0 Å². The summed E-state index contributed by atoms with van der Waals surface area (Å²) >= 11 is 5.79. The van der Waals surface area contributed by atoms with E-state index in [0.29, 0.717) is 23.4 Å². The molecule has 0 aromatic heterocycles. The van der Waals surface area contributed by atoms with Gasteiger partial charge >= 0.3 is 5.97 Å². The van der Waals surface area contributed by atoms with Crippen LogP contribution in [0.5, 0.6) is 0 Å². The maximum Gasteiger partial charge on any atom is 0.307 e. The number of allylic oxidation sites excluding steroid dienone is 2. The van der Waals surface area contributed by atoms with E-state index in [4.69, 9.17) is 16.7 Å². The van der Waals surface area contributed by atoms with Crippen LogP contribution in [0.15, 0.2) is 36.4 Å². The largest absolute Gasteiger partial charge is 0.481 e. The Labute approximate surface area is 132 Å². The Kier molecular flexibility index (Phi) is 5.16. The second-order valence-corrected chi connectivity index (χ2v) is 5.38. The van der Waals surface area contributed by atoms with Crippen LogP contribution in [0.1, 0.15) is 23.2 Å². The molecule has 6 nitrogen and oxygen atoms in total. The van der Waals surface area contributed by atoms with Crippen LogP contribution in [0.3, 0.4) is 0 Å². The van der Waals surface area contributed by atoms with Gasteiger partial charge in [0.05, 0.1) is 11.8 Å². The third-order valence-corrected chi connectivity index (χ3v) is 3.71. The van der Waals surface area contributed by atoms with Gasteiger partial charge in [0.2, 0.25) is 5.91 Å². The molecule has 1 aliphatic carbocycles. The highest BCUT2D eigenvalue weighted by Crippen LogP contribution is 2.25. The first-order chi connectivity index (χ1) is 10.5. The van der Waals surface area contributed by atoms with E-state index in [1.165, 1.54) is 6.07 Å².